The molecule has 92 valence electrons. The zero-order chi connectivity index (χ0) is 12.1. The molecule has 0 aromatic carbocycles. The van der Waals surface area contributed by atoms with Crippen molar-refractivity contribution in [3.8, 4) is 0 Å². The summed E-state index contributed by atoms with van der Waals surface area (Å²) in [6.07, 6.45) is 0.0411. The molecule has 1 aliphatic rings. The molecule has 0 radical (unpaired) electrons. The van der Waals surface area contributed by atoms with E-state index in [0.29, 0.717) is 5.57 Å². The van der Waals surface area contributed by atoms with Crippen LogP contribution in [0.5, 0.6) is 0 Å². The van der Waals surface area contributed by atoms with Gasteiger partial charge in [-0.25, -0.2) is 4.79 Å². The van der Waals surface area contributed by atoms with Crippen molar-refractivity contribution in [3.05, 3.63) is 11.6 Å². The van der Waals surface area contributed by atoms with Gasteiger partial charge < -0.3 is 24.8 Å². The summed E-state index contributed by atoms with van der Waals surface area (Å²) in [7, 11) is 0. The van der Waals surface area contributed by atoms with Crippen molar-refractivity contribution in [1.82, 2.24) is 0 Å². The fraction of sp³-hybridized carbons (Fsp3) is 0.700. The molecular weight excluding hydrogens is 216 g/mol. The van der Waals surface area contributed by atoms with E-state index in [4.69, 9.17) is 24.8 Å². The summed E-state index contributed by atoms with van der Waals surface area (Å²) in [5.41, 5.74) is 0.353. The van der Waals surface area contributed by atoms with Crippen molar-refractivity contribution in [1.29, 1.82) is 0 Å². The molecule has 0 aliphatic carbocycles. The first kappa shape index (κ1) is 13.1. The minimum Gasteiger partial charge on any atom is -0.459 e. The Balaban J connectivity index is 2.31. The van der Waals surface area contributed by atoms with E-state index in [2.05, 4.69) is 0 Å². The van der Waals surface area contributed by atoms with Crippen LogP contribution in [0.2, 0.25) is 0 Å². The van der Waals surface area contributed by atoms with E-state index in [1.807, 2.05) is 0 Å². The second kappa shape index (κ2) is 5.95. The van der Waals surface area contributed by atoms with Crippen molar-refractivity contribution in [2.24, 2.45) is 0 Å². The van der Waals surface area contributed by atoms with Gasteiger partial charge in [0, 0.05) is 5.57 Å². The second-order valence-electron chi connectivity index (χ2n) is 3.61. The molecule has 0 saturated carbocycles. The summed E-state index contributed by atoms with van der Waals surface area (Å²) in [5.74, 6) is -0.570. The summed E-state index contributed by atoms with van der Waals surface area (Å²) in [5, 5.41) is 26.2. The Labute approximate surface area is 93.1 Å². The molecule has 3 N–H and O–H groups in total. The van der Waals surface area contributed by atoms with Crippen LogP contribution in [0.25, 0.3) is 0 Å². The number of ether oxygens (including phenoxy) is 2. The summed E-state index contributed by atoms with van der Waals surface area (Å²) < 4.78 is 9.73. The smallest absolute Gasteiger partial charge is 0.333 e. The van der Waals surface area contributed by atoms with Gasteiger partial charge in [-0.2, -0.15) is 0 Å². The largest absolute Gasteiger partial charge is 0.459 e. The predicted octanol–water partition coefficient (Wildman–Crippen LogP) is -1.41. The maximum absolute atomic E-state index is 11.3. The van der Waals surface area contributed by atoms with E-state index < -0.39 is 18.7 Å². The Morgan fingerprint density at radius 1 is 1.56 bits per heavy atom. The van der Waals surface area contributed by atoms with Gasteiger partial charge in [-0.3, -0.25) is 0 Å². The first-order chi connectivity index (χ1) is 7.58. The molecule has 1 heterocycles. The zero-order valence-corrected chi connectivity index (χ0v) is 9.00. The minimum absolute atomic E-state index is 0.0767. The standard InChI is InChI=1S/C10H16O6/c1-6(2-8-9(4-12)16-8)10(14)15-5-7(13)3-11/h2,7-9,11-13H,3-5H2,1H3. The number of esters is 1. The van der Waals surface area contributed by atoms with E-state index in [0.717, 1.165) is 0 Å². The Kier molecular flexibility index (Phi) is 4.88. The van der Waals surface area contributed by atoms with Crippen LogP contribution in [0.15, 0.2) is 11.6 Å². The number of carbonyl (C=O) groups excluding carboxylic acids is 1. The molecule has 3 unspecified atom stereocenters. The third-order valence-corrected chi connectivity index (χ3v) is 2.16. The van der Waals surface area contributed by atoms with Gasteiger partial charge in [-0.1, -0.05) is 0 Å². The van der Waals surface area contributed by atoms with E-state index >= 15 is 0 Å². The van der Waals surface area contributed by atoms with Gasteiger partial charge in [0.25, 0.3) is 0 Å². The minimum atomic E-state index is -1.06. The lowest BCUT2D eigenvalue weighted by molar-refractivity contribution is -0.142. The van der Waals surface area contributed by atoms with Crippen LogP contribution in [-0.2, 0) is 14.3 Å². The third kappa shape index (κ3) is 3.90. The van der Waals surface area contributed by atoms with Crippen LogP contribution in [0.3, 0.4) is 0 Å². The van der Waals surface area contributed by atoms with E-state index in [9.17, 15) is 4.79 Å². The lowest BCUT2D eigenvalue weighted by Crippen LogP contribution is -2.22. The SMILES string of the molecule is CC(=CC1OC1CO)C(=O)OCC(O)CO. The van der Waals surface area contributed by atoms with Crippen molar-refractivity contribution in [2.75, 3.05) is 19.8 Å². The molecule has 6 heteroatoms. The highest BCUT2D eigenvalue weighted by Crippen LogP contribution is 2.23. The van der Waals surface area contributed by atoms with Crippen LogP contribution in [0, 0.1) is 0 Å². The molecule has 16 heavy (non-hydrogen) atoms. The van der Waals surface area contributed by atoms with Gasteiger partial charge in [0.05, 0.1) is 13.2 Å². The quantitative estimate of drug-likeness (QED) is 0.295. The topological polar surface area (TPSA) is 99.5 Å². The third-order valence-electron chi connectivity index (χ3n) is 2.16. The van der Waals surface area contributed by atoms with Crippen molar-refractivity contribution in [3.63, 3.8) is 0 Å². The molecule has 0 amide bonds. The van der Waals surface area contributed by atoms with Crippen molar-refractivity contribution >= 4 is 5.97 Å². The summed E-state index contributed by atoms with van der Waals surface area (Å²) in [6.45, 7) is 0.792. The van der Waals surface area contributed by atoms with Gasteiger partial charge in [-0.15, -0.1) is 0 Å². The summed E-state index contributed by atoms with van der Waals surface area (Å²) in [4.78, 5) is 11.3. The molecule has 1 fully saturated rings. The van der Waals surface area contributed by atoms with Crippen molar-refractivity contribution in [2.45, 2.75) is 25.2 Å². The van der Waals surface area contributed by atoms with Crippen LogP contribution in [0.4, 0.5) is 0 Å². The predicted molar refractivity (Wildman–Crippen MR) is 53.6 cm³/mol. The number of epoxide rings is 1. The van der Waals surface area contributed by atoms with Crippen LogP contribution in [-0.4, -0.2) is 59.4 Å². The average Bonchev–Trinajstić information content (AvgIpc) is 3.03. The average molecular weight is 232 g/mol. The molecule has 0 aromatic rings. The Hall–Kier alpha value is -0.950. The fourth-order valence-corrected chi connectivity index (χ4v) is 1.10. The van der Waals surface area contributed by atoms with Crippen LogP contribution < -0.4 is 0 Å². The highest BCUT2D eigenvalue weighted by atomic mass is 16.6. The maximum atomic E-state index is 11.3. The van der Waals surface area contributed by atoms with Crippen LogP contribution in [0.1, 0.15) is 6.92 Å². The molecule has 0 spiro atoms. The molecule has 0 aromatic heterocycles. The van der Waals surface area contributed by atoms with Crippen molar-refractivity contribution < 1.29 is 29.6 Å². The number of rotatable bonds is 6. The fourth-order valence-electron chi connectivity index (χ4n) is 1.10. The van der Waals surface area contributed by atoms with E-state index in [1.165, 1.54) is 0 Å². The molecule has 3 atom stereocenters. The zero-order valence-electron chi connectivity index (χ0n) is 9.00. The first-order valence-corrected chi connectivity index (χ1v) is 4.99. The number of hydrogen-bond donors (Lipinski definition) is 3. The number of hydrogen-bond acceptors (Lipinski definition) is 6. The lowest BCUT2D eigenvalue weighted by atomic mass is 10.2. The Morgan fingerprint density at radius 2 is 2.25 bits per heavy atom. The van der Waals surface area contributed by atoms with Gasteiger partial charge in [0.2, 0.25) is 0 Å². The number of carbonyl (C=O) groups is 1. The monoisotopic (exact) mass is 232 g/mol. The molecule has 0 bridgehead atoms. The van der Waals surface area contributed by atoms with Gasteiger partial charge in [0.1, 0.15) is 24.9 Å². The Morgan fingerprint density at radius 3 is 2.75 bits per heavy atom. The molecule has 1 rings (SSSR count). The van der Waals surface area contributed by atoms with Gasteiger partial charge in [0.15, 0.2) is 0 Å². The van der Waals surface area contributed by atoms with E-state index in [-0.39, 0.29) is 25.4 Å². The molecule has 1 saturated heterocycles. The van der Waals surface area contributed by atoms with Gasteiger partial charge in [-0.05, 0) is 13.0 Å². The number of aliphatic hydroxyl groups is 3. The highest BCUT2D eigenvalue weighted by molar-refractivity contribution is 5.87. The molecular formula is C10H16O6. The summed E-state index contributed by atoms with van der Waals surface area (Å²) in [6, 6.07) is 0. The Bertz CT molecular complexity index is 274. The first-order valence-electron chi connectivity index (χ1n) is 4.99. The number of aliphatic hydroxyl groups excluding tert-OH is 3. The molecule has 6 nitrogen and oxygen atoms in total. The maximum Gasteiger partial charge on any atom is 0.333 e. The highest BCUT2D eigenvalue weighted by Gasteiger charge is 2.36. The second-order valence-corrected chi connectivity index (χ2v) is 3.61. The lowest BCUT2D eigenvalue weighted by Gasteiger charge is -2.08. The summed E-state index contributed by atoms with van der Waals surface area (Å²) >= 11 is 0. The normalized spacial score (nSPS) is 26.4. The van der Waals surface area contributed by atoms with Gasteiger partial charge >= 0.3 is 5.97 Å². The van der Waals surface area contributed by atoms with Crippen LogP contribution >= 0.6 is 0 Å². The molecule has 1 aliphatic heterocycles. The van der Waals surface area contributed by atoms with E-state index in [1.54, 1.807) is 13.0 Å².